The minimum absolute atomic E-state index is 0.118. The summed E-state index contributed by atoms with van der Waals surface area (Å²) in [5.41, 5.74) is 6.62. The van der Waals surface area contributed by atoms with Gasteiger partial charge in [0.2, 0.25) is 0 Å². The molecule has 2 nitrogen and oxygen atoms in total. The molecule has 0 aromatic heterocycles. The standard InChI is InChI=1S/C11H8N2Se/c12-7-14-11-6-5-10(13)8-3-1-2-4-9(8)11/h1-6H,13H2. The Labute approximate surface area is 88.5 Å². The van der Waals surface area contributed by atoms with E-state index in [9.17, 15) is 0 Å². The Morgan fingerprint density at radius 1 is 1.07 bits per heavy atom. The van der Waals surface area contributed by atoms with Crippen LogP contribution in [-0.4, -0.2) is 15.0 Å². The molecule has 2 rings (SSSR count). The molecule has 0 aliphatic rings. The van der Waals surface area contributed by atoms with E-state index >= 15 is 0 Å². The molecular weight excluding hydrogens is 239 g/mol. The molecule has 0 atom stereocenters. The van der Waals surface area contributed by atoms with Crippen molar-refractivity contribution < 1.29 is 0 Å². The molecule has 0 fully saturated rings. The van der Waals surface area contributed by atoms with Gasteiger partial charge in [-0.2, -0.15) is 0 Å². The zero-order chi connectivity index (χ0) is 9.97. The molecule has 0 amide bonds. The first-order valence-electron chi connectivity index (χ1n) is 4.16. The summed E-state index contributed by atoms with van der Waals surface area (Å²) in [6, 6.07) is 11.7. The molecule has 0 spiro atoms. The van der Waals surface area contributed by atoms with Crippen molar-refractivity contribution in [2.24, 2.45) is 0 Å². The van der Waals surface area contributed by atoms with E-state index in [1.807, 2.05) is 36.4 Å². The third-order valence-corrected chi connectivity index (χ3v) is 3.47. The van der Waals surface area contributed by atoms with Crippen molar-refractivity contribution in [3.63, 3.8) is 0 Å². The van der Waals surface area contributed by atoms with Gasteiger partial charge in [0.05, 0.1) is 0 Å². The van der Waals surface area contributed by atoms with Gasteiger partial charge in [-0.15, -0.1) is 0 Å². The van der Waals surface area contributed by atoms with Crippen molar-refractivity contribution >= 4 is 35.9 Å². The first-order valence-corrected chi connectivity index (χ1v) is 5.87. The van der Waals surface area contributed by atoms with Crippen LogP contribution in [0.4, 0.5) is 5.69 Å². The molecule has 3 heteroatoms. The van der Waals surface area contributed by atoms with Crippen molar-refractivity contribution in [3.05, 3.63) is 36.4 Å². The minimum atomic E-state index is -0.118. The van der Waals surface area contributed by atoms with Crippen molar-refractivity contribution in [2.75, 3.05) is 5.73 Å². The number of nitrogens with two attached hydrogens (primary N) is 1. The van der Waals surface area contributed by atoms with Crippen LogP contribution in [0.3, 0.4) is 0 Å². The van der Waals surface area contributed by atoms with Crippen molar-refractivity contribution in [1.82, 2.24) is 0 Å². The van der Waals surface area contributed by atoms with Gasteiger partial charge in [-0.3, -0.25) is 0 Å². The summed E-state index contributed by atoms with van der Waals surface area (Å²) < 4.78 is 1.10. The van der Waals surface area contributed by atoms with Crippen molar-refractivity contribution in [3.8, 4) is 4.97 Å². The van der Waals surface area contributed by atoms with E-state index in [0.717, 1.165) is 20.9 Å². The summed E-state index contributed by atoms with van der Waals surface area (Å²) >= 11 is -0.118. The van der Waals surface area contributed by atoms with Crippen LogP contribution in [0.2, 0.25) is 0 Å². The van der Waals surface area contributed by atoms with E-state index in [-0.39, 0.29) is 15.0 Å². The van der Waals surface area contributed by atoms with Crippen LogP contribution in [0.1, 0.15) is 0 Å². The third-order valence-electron chi connectivity index (χ3n) is 2.07. The Bertz CT molecular complexity index is 514. The number of nitrogen functional groups attached to an aromatic ring is 1. The Kier molecular flexibility index (Phi) is 2.41. The molecular formula is C11H8N2Se. The Morgan fingerprint density at radius 3 is 2.50 bits per heavy atom. The van der Waals surface area contributed by atoms with Crippen LogP contribution in [-0.2, 0) is 0 Å². The number of anilines is 1. The number of nitriles is 1. The van der Waals surface area contributed by atoms with Gasteiger partial charge in [0.1, 0.15) is 0 Å². The van der Waals surface area contributed by atoms with Gasteiger partial charge in [0.15, 0.2) is 0 Å². The Morgan fingerprint density at radius 2 is 1.79 bits per heavy atom. The fraction of sp³-hybridized carbons (Fsp3) is 0. The molecule has 68 valence electrons. The van der Waals surface area contributed by atoms with Crippen LogP contribution >= 0.6 is 0 Å². The Hall–Kier alpha value is -1.49. The van der Waals surface area contributed by atoms with Gasteiger partial charge < -0.3 is 0 Å². The molecule has 0 unspecified atom stereocenters. The molecule has 2 aromatic rings. The summed E-state index contributed by atoms with van der Waals surface area (Å²) in [4.78, 5) is 2.22. The SMILES string of the molecule is N#C[Se]c1ccc(N)c2ccccc12. The van der Waals surface area contributed by atoms with Gasteiger partial charge in [-0.25, -0.2) is 0 Å². The average molecular weight is 247 g/mol. The second-order valence-electron chi connectivity index (χ2n) is 2.89. The van der Waals surface area contributed by atoms with Crippen molar-refractivity contribution in [1.29, 1.82) is 5.26 Å². The molecule has 14 heavy (non-hydrogen) atoms. The van der Waals surface area contributed by atoms with Gasteiger partial charge in [0, 0.05) is 0 Å². The van der Waals surface area contributed by atoms with Gasteiger partial charge in [-0.1, -0.05) is 0 Å². The summed E-state index contributed by atoms with van der Waals surface area (Å²) in [5.74, 6) is 0. The van der Waals surface area contributed by atoms with E-state index in [4.69, 9.17) is 11.0 Å². The Balaban J connectivity index is 2.76. The van der Waals surface area contributed by atoms with E-state index in [0.29, 0.717) is 0 Å². The summed E-state index contributed by atoms with van der Waals surface area (Å²) in [5, 5.41) is 10.8. The predicted octanol–water partition coefficient (Wildman–Crippen LogP) is 1.23. The number of hydrogen-bond acceptors (Lipinski definition) is 2. The van der Waals surface area contributed by atoms with E-state index in [1.165, 1.54) is 0 Å². The number of benzene rings is 2. The summed E-state index contributed by atoms with van der Waals surface area (Å²) in [6.45, 7) is 0. The quantitative estimate of drug-likeness (QED) is 0.608. The summed E-state index contributed by atoms with van der Waals surface area (Å²) in [6.07, 6.45) is 0. The maximum absolute atomic E-state index is 8.69. The normalized spacial score (nSPS) is 9.93. The third kappa shape index (κ3) is 1.46. The molecule has 2 N–H and O–H groups in total. The average Bonchev–Trinajstić information content (AvgIpc) is 2.23. The van der Waals surface area contributed by atoms with Gasteiger partial charge in [-0.05, 0) is 0 Å². The zero-order valence-electron chi connectivity index (χ0n) is 7.40. The van der Waals surface area contributed by atoms with E-state index in [1.54, 1.807) is 0 Å². The monoisotopic (exact) mass is 248 g/mol. The molecule has 0 aliphatic carbocycles. The van der Waals surface area contributed by atoms with Crippen LogP contribution in [0.25, 0.3) is 10.8 Å². The molecule has 0 heterocycles. The van der Waals surface area contributed by atoms with Crippen LogP contribution in [0, 0.1) is 10.2 Å². The first-order chi connectivity index (χ1) is 6.83. The fourth-order valence-electron chi connectivity index (χ4n) is 1.43. The summed E-state index contributed by atoms with van der Waals surface area (Å²) in [7, 11) is 0. The van der Waals surface area contributed by atoms with Crippen LogP contribution < -0.4 is 10.2 Å². The van der Waals surface area contributed by atoms with Gasteiger partial charge >= 0.3 is 88.2 Å². The van der Waals surface area contributed by atoms with Crippen LogP contribution in [0.5, 0.6) is 0 Å². The number of nitrogens with zero attached hydrogens (tertiary/aromatic N) is 1. The number of hydrogen-bond donors (Lipinski definition) is 1. The number of rotatable bonds is 1. The molecule has 0 saturated carbocycles. The van der Waals surface area contributed by atoms with Crippen LogP contribution in [0.15, 0.2) is 36.4 Å². The van der Waals surface area contributed by atoms with E-state index < -0.39 is 0 Å². The molecule has 0 aliphatic heterocycles. The second-order valence-corrected chi connectivity index (χ2v) is 4.63. The molecule has 0 saturated heterocycles. The number of fused-ring (bicyclic) bond motifs is 1. The molecule has 0 radical (unpaired) electrons. The van der Waals surface area contributed by atoms with Crippen molar-refractivity contribution in [2.45, 2.75) is 0 Å². The molecule has 2 aromatic carbocycles. The van der Waals surface area contributed by atoms with E-state index in [2.05, 4.69) is 4.97 Å². The maximum atomic E-state index is 8.69. The second kappa shape index (κ2) is 3.71. The fourth-order valence-corrected chi connectivity index (χ4v) is 2.53. The molecule has 0 bridgehead atoms. The topological polar surface area (TPSA) is 49.8 Å². The predicted molar refractivity (Wildman–Crippen MR) is 59.4 cm³/mol. The zero-order valence-corrected chi connectivity index (χ0v) is 9.11. The van der Waals surface area contributed by atoms with Gasteiger partial charge in [0.25, 0.3) is 0 Å². The first kappa shape index (κ1) is 9.08.